The molecule has 0 spiro atoms. The number of rotatable bonds is 1. The number of carbonyl (C=O) groups is 1. The SMILES string of the molecule is CC(F)(Cl)C=O. The Kier molecular flexibility index (Phi) is 1.53. The summed E-state index contributed by atoms with van der Waals surface area (Å²) in [6, 6.07) is 0. The number of aldehydes is 1. The highest BCUT2D eigenvalue weighted by Gasteiger charge is 2.14. The third kappa shape index (κ3) is 3.89. The molecule has 0 radical (unpaired) electrons. The number of halogens is 2. The highest BCUT2D eigenvalue weighted by Crippen LogP contribution is 2.09. The van der Waals surface area contributed by atoms with Crippen LogP contribution in [0.2, 0.25) is 0 Å². The summed E-state index contributed by atoms with van der Waals surface area (Å²) >= 11 is 4.68. The molecule has 0 N–H and O–H groups in total. The van der Waals surface area contributed by atoms with E-state index in [0.717, 1.165) is 6.92 Å². The van der Waals surface area contributed by atoms with Gasteiger partial charge in [-0.3, -0.25) is 4.79 Å². The van der Waals surface area contributed by atoms with Crippen molar-refractivity contribution >= 4 is 17.9 Å². The monoisotopic (exact) mass is 110 g/mol. The van der Waals surface area contributed by atoms with Gasteiger partial charge in [0.1, 0.15) is 0 Å². The molecule has 0 aliphatic rings. The van der Waals surface area contributed by atoms with Crippen LogP contribution in [0, 0.1) is 0 Å². The van der Waals surface area contributed by atoms with Crippen molar-refractivity contribution in [2.45, 2.75) is 12.1 Å². The van der Waals surface area contributed by atoms with Crippen LogP contribution in [-0.2, 0) is 4.79 Å². The maximum absolute atomic E-state index is 11.5. The summed E-state index contributed by atoms with van der Waals surface area (Å²) < 4.78 is 11.5. The molecule has 0 fully saturated rings. The summed E-state index contributed by atoms with van der Waals surface area (Å²) in [6.45, 7) is 0.974. The minimum atomic E-state index is -2.17. The molecule has 1 nitrogen and oxygen atoms in total. The van der Waals surface area contributed by atoms with Crippen LogP contribution < -0.4 is 0 Å². The van der Waals surface area contributed by atoms with Crippen molar-refractivity contribution in [3.63, 3.8) is 0 Å². The summed E-state index contributed by atoms with van der Waals surface area (Å²) in [6.07, 6.45) is 0.0363. The second-order valence-electron chi connectivity index (χ2n) is 1.07. The minimum absolute atomic E-state index is 0.0363. The van der Waals surface area contributed by atoms with Gasteiger partial charge in [0.25, 0.3) is 0 Å². The van der Waals surface area contributed by atoms with Gasteiger partial charge in [-0.2, -0.15) is 0 Å². The van der Waals surface area contributed by atoms with Gasteiger partial charge in [-0.25, -0.2) is 4.39 Å². The Morgan fingerprint density at radius 3 is 2.17 bits per heavy atom. The average Bonchev–Trinajstić information content (AvgIpc) is 1.35. The van der Waals surface area contributed by atoms with Gasteiger partial charge in [-0.05, 0) is 6.92 Å². The fraction of sp³-hybridized carbons (Fsp3) is 0.667. The van der Waals surface area contributed by atoms with E-state index in [9.17, 15) is 9.18 Å². The first kappa shape index (κ1) is 5.89. The van der Waals surface area contributed by atoms with Crippen molar-refractivity contribution in [3.8, 4) is 0 Å². The quantitative estimate of drug-likeness (QED) is 0.365. The second-order valence-corrected chi connectivity index (χ2v) is 1.81. The lowest BCUT2D eigenvalue weighted by molar-refractivity contribution is -0.113. The maximum Gasteiger partial charge on any atom is 0.235 e. The number of hydrogen-bond acceptors (Lipinski definition) is 1. The van der Waals surface area contributed by atoms with Gasteiger partial charge in [-0.15, -0.1) is 0 Å². The maximum atomic E-state index is 11.5. The van der Waals surface area contributed by atoms with Crippen molar-refractivity contribution in [2.75, 3.05) is 0 Å². The van der Waals surface area contributed by atoms with E-state index in [-0.39, 0.29) is 6.29 Å². The molecule has 36 valence electrons. The van der Waals surface area contributed by atoms with Crippen molar-refractivity contribution in [2.24, 2.45) is 0 Å². The largest absolute Gasteiger partial charge is 0.298 e. The Balaban J connectivity index is 3.45. The molecule has 0 aromatic rings. The van der Waals surface area contributed by atoms with Crippen LogP contribution in [0.1, 0.15) is 6.92 Å². The number of alkyl halides is 2. The molecule has 0 aromatic heterocycles. The van der Waals surface area contributed by atoms with E-state index in [0.29, 0.717) is 0 Å². The predicted octanol–water partition coefficient (Wildman–Crippen LogP) is 1.11. The molecule has 0 bridgehead atoms. The van der Waals surface area contributed by atoms with E-state index in [1.165, 1.54) is 0 Å². The van der Waals surface area contributed by atoms with E-state index < -0.39 is 5.13 Å². The standard InChI is InChI=1S/C3H4ClFO/c1-3(4,5)2-6/h2H,1H3. The van der Waals surface area contributed by atoms with Crippen LogP contribution in [0.25, 0.3) is 0 Å². The van der Waals surface area contributed by atoms with E-state index in [2.05, 4.69) is 11.6 Å². The summed E-state index contributed by atoms with van der Waals surface area (Å²) in [4.78, 5) is 9.32. The first-order valence-corrected chi connectivity index (χ1v) is 1.78. The van der Waals surface area contributed by atoms with Gasteiger partial charge in [-0.1, -0.05) is 11.6 Å². The molecule has 0 aromatic carbocycles. The summed E-state index contributed by atoms with van der Waals surface area (Å²) in [5, 5.41) is -2.17. The normalized spacial score (nSPS) is 19.2. The second kappa shape index (κ2) is 1.56. The number of hydrogen-bond donors (Lipinski definition) is 0. The fourth-order valence-corrected chi connectivity index (χ4v) is 0. The third-order valence-electron chi connectivity index (χ3n) is 0.207. The molecule has 0 saturated heterocycles. The minimum Gasteiger partial charge on any atom is -0.298 e. The van der Waals surface area contributed by atoms with Crippen LogP contribution in [0.4, 0.5) is 4.39 Å². The lowest BCUT2D eigenvalue weighted by Gasteiger charge is -1.94. The smallest absolute Gasteiger partial charge is 0.235 e. The molecule has 1 atom stereocenters. The van der Waals surface area contributed by atoms with Crippen LogP contribution in [0.3, 0.4) is 0 Å². The summed E-state index contributed by atoms with van der Waals surface area (Å²) in [5.74, 6) is 0. The molecule has 6 heavy (non-hydrogen) atoms. The van der Waals surface area contributed by atoms with Gasteiger partial charge in [0, 0.05) is 0 Å². The molecule has 1 unspecified atom stereocenters. The lowest BCUT2D eigenvalue weighted by atomic mass is 10.5. The van der Waals surface area contributed by atoms with Crippen molar-refractivity contribution < 1.29 is 9.18 Å². The zero-order valence-corrected chi connectivity index (χ0v) is 4.00. The summed E-state index contributed by atoms with van der Waals surface area (Å²) in [5.41, 5.74) is 0. The molecule has 0 aliphatic carbocycles. The van der Waals surface area contributed by atoms with Crippen molar-refractivity contribution in [1.82, 2.24) is 0 Å². The van der Waals surface area contributed by atoms with Gasteiger partial charge >= 0.3 is 0 Å². The topological polar surface area (TPSA) is 17.1 Å². The molecule has 0 saturated carbocycles. The Morgan fingerprint density at radius 2 is 2.17 bits per heavy atom. The van der Waals surface area contributed by atoms with Crippen LogP contribution in [0.15, 0.2) is 0 Å². The van der Waals surface area contributed by atoms with E-state index in [1.807, 2.05) is 0 Å². The van der Waals surface area contributed by atoms with Crippen molar-refractivity contribution in [1.29, 1.82) is 0 Å². The Hall–Kier alpha value is -0.110. The Morgan fingerprint density at radius 1 is 2.00 bits per heavy atom. The molecular formula is C3H4ClFO. The Labute approximate surface area is 40.1 Å². The predicted molar refractivity (Wildman–Crippen MR) is 21.4 cm³/mol. The zero-order valence-electron chi connectivity index (χ0n) is 3.24. The molecule has 0 rings (SSSR count). The van der Waals surface area contributed by atoms with Crippen molar-refractivity contribution in [3.05, 3.63) is 0 Å². The first-order valence-electron chi connectivity index (χ1n) is 1.40. The average molecular weight is 111 g/mol. The first-order chi connectivity index (χ1) is 2.56. The van der Waals surface area contributed by atoms with E-state index in [1.54, 1.807) is 0 Å². The molecule has 0 amide bonds. The van der Waals surface area contributed by atoms with Crippen LogP contribution in [-0.4, -0.2) is 11.4 Å². The highest BCUT2D eigenvalue weighted by atomic mass is 35.5. The number of carbonyl (C=O) groups excluding carboxylic acids is 1. The molecule has 0 aliphatic heterocycles. The Bertz CT molecular complexity index is 56.3. The van der Waals surface area contributed by atoms with Gasteiger partial charge in [0.05, 0.1) is 0 Å². The van der Waals surface area contributed by atoms with Gasteiger partial charge < -0.3 is 0 Å². The lowest BCUT2D eigenvalue weighted by Crippen LogP contribution is -2.07. The third-order valence-corrected chi connectivity index (χ3v) is 0.296. The fourth-order valence-electron chi connectivity index (χ4n) is 0. The van der Waals surface area contributed by atoms with E-state index >= 15 is 0 Å². The molecular weight excluding hydrogens is 106 g/mol. The highest BCUT2D eigenvalue weighted by molar-refractivity contribution is 6.29. The van der Waals surface area contributed by atoms with Gasteiger partial charge in [0.2, 0.25) is 5.13 Å². The summed E-state index contributed by atoms with van der Waals surface area (Å²) in [7, 11) is 0. The van der Waals surface area contributed by atoms with Crippen LogP contribution in [0.5, 0.6) is 0 Å². The molecule has 0 heterocycles. The van der Waals surface area contributed by atoms with Crippen LogP contribution >= 0.6 is 11.6 Å². The zero-order chi connectivity index (χ0) is 5.21. The molecule has 3 heteroatoms. The van der Waals surface area contributed by atoms with Gasteiger partial charge in [0.15, 0.2) is 6.29 Å². The van der Waals surface area contributed by atoms with E-state index in [4.69, 9.17) is 0 Å².